The number of Topliss-reactive ketones (excluding diaryl/α,β-unsaturated/α-hetero) is 1. The Morgan fingerprint density at radius 2 is 1.96 bits per heavy atom. The Hall–Kier alpha value is -2.53. The molecule has 5 heteroatoms. The van der Waals surface area contributed by atoms with Gasteiger partial charge in [0.05, 0.1) is 6.20 Å². The van der Waals surface area contributed by atoms with Crippen LogP contribution in [0.4, 0.5) is 0 Å². The third-order valence-corrected chi connectivity index (χ3v) is 6.13. The van der Waals surface area contributed by atoms with E-state index in [1.807, 2.05) is 30.3 Å². The lowest BCUT2D eigenvalue weighted by Crippen LogP contribution is -2.56. The molecule has 2 fully saturated rings. The Bertz CT molecular complexity index is 998. The summed E-state index contributed by atoms with van der Waals surface area (Å²) in [7, 11) is 1.92. The van der Waals surface area contributed by atoms with Crippen LogP contribution in [0, 0.1) is 5.92 Å². The molecule has 1 aromatic carbocycles. The molecule has 3 aromatic rings. The van der Waals surface area contributed by atoms with Gasteiger partial charge in [-0.1, -0.05) is 18.6 Å². The number of likely N-dealkylation sites (tertiary alicyclic amines) is 1. The monoisotopic (exact) mass is 360 g/mol. The topological polar surface area (TPSA) is 51.0 Å². The number of carbonyl (C=O) groups excluding carboxylic acids is 1. The molecule has 0 bridgehead atoms. The van der Waals surface area contributed by atoms with Crippen molar-refractivity contribution < 1.29 is 4.79 Å². The zero-order chi connectivity index (χ0) is 18.4. The highest BCUT2D eigenvalue weighted by Crippen LogP contribution is 2.31. The molecule has 0 unspecified atom stereocenters. The fraction of sp³-hybridized carbons (Fsp3) is 0.409. The molecule has 0 atom stereocenters. The van der Waals surface area contributed by atoms with Crippen LogP contribution in [0.15, 0.2) is 42.9 Å². The number of hydrogen-bond donors (Lipinski definition) is 0. The smallest absolute Gasteiger partial charge is 0.144 e. The van der Waals surface area contributed by atoms with Crippen molar-refractivity contribution in [3.05, 3.63) is 48.5 Å². The molecule has 0 N–H and O–H groups in total. The van der Waals surface area contributed by atoms with E-state index in [2.05, 4.69) is 39.2 Å². The molecule has 5 nitrogen and oxygen atoms in total. The summed E-state index contributed by atoms with van der Waals surface area (Å²) in [6, 6.07) is 9.14. The zero-order valence-electron chi connectivity index (χ0n) is 15.6. The SMILES string of the molecule is Cn1cc(-c2ccc3cnc(CC(=O)C4CN(C5CCC5)C4)cc3c2)cn1. The van der Waals surface area contributed by atoms with Crippen LogP contribution in [0.1, 0.15) is 25.0 Å². The maximum absolute atomic E-state index is 12.6. The van der Waals surface area contributed by atoms with Crippen molar-refractivity contribution in [2.75, 3.05) is 13.1 Å². The highest BCUT2D eigenvalue weighted by molar-refractivity contribution is 5.89. The molecular formula is C22H24N4O. The van der Waals surface area contributed by atoms with E-state index < -0.39 is 0 Å². The molecule has 0 amide bonds. The third kappa shape index (κ3) is 3.16. The van der Waals surface area contributed by atoms with Crippen LogP contribution in [0.3, 0.4) is 0 Å². The minimum Gasteiger partial charge on any atom is -0.299 e. The number of aromatic nitrogens is 3. The predicted octanol–water partition coefficient (Wildman–Crippen LogP) is 3.23. The number of rotatable bonds is 5. The third-order valence-electron chi connectivity index (χ3n) is 6.13. The van der Waals surface area contributed by atoms with Gasteiger partial charge in [-0.25, -0.2) is 0 Å². The van der Waals surface area contributed by atoms with Crippen LogP contribution in [0.25, 0.3) is 21.9 Å². The van der Waals surface area contributed by atoms with Gasteiger partial charge in [0.1, 0.15) is 5.78 Å². The maximum Gasteiger partial charge on any atom is 0.144 e. The molecule has 1 aliphatic heterocycles. The second-order valence-electron chi connectivity index (χ2n) is 8.02. The average molecular weight is 360 g/mol. The van der Waals surface area contributed by atoms with Gasteiger partial charge in [0, 0.05) is 67.6 Å². The van der Waals surface area contributed by atoms with Crippen LogP contribution in [0.2, 0.25) is 0 Å². The number of carbonyl (C=O) groups is 1. The van der Waals surface area contributed by atoms with E-state index >= 15 is 0 Å². The van der Waals surface area contributed by atoms with Crippen LogP contribution in [-0.4, -0.2) is 44.6 Å². The molecule has 0 radical (unpaired) electrons. The standard InChI is InChI=1S/C22H24N4O/c1-25-12-18(11-24-25)15-5-6-16-10-23-20(8-17(16)7-15)9-22(27)19-13-26(14-19)21-3-2-4-21/h5-8,10-12,19,21H,2-4,9,13-14H2,1H3. The van der Waals surface area contributed by atoms with Crippen LogP contribution >= 0.6 is 0 Å². The van der Waals surface area contributed by atoms with Gasteiger partial charge in [0.2, 0.25) is 0 Å². The highest BCUT2D eigenvalue weighted by Gasteiger charge is 2.38. The van der Waals surface area contributed by atoms with Gasteiger partial charge in [-0.3, -0.25) is 19.4 Å². The molecule has 138 valence electrons. The summed E-state index contributed by atoms with van der Waals surface area (Å²) >= 11 is 0. The van der Waals surface area contributed by atoms with Gasteiger partial charge in [-0.15, -0.1) is 0 Å². The van der Waals surface area contributed by atoms with E-state index in [1.54, 1.807) is 0 Å². The second-order valence-corrected chi connectivity index (χ2v) is 8.02. The van der Waals surface area contributed by atoms with Gasteiger partial charge >= 0.3 is 0 Å². The Morgan fingerprint density at radius 1 is 1.11 bits per heavy atom. The second kappa shape index (κ2) is 6.57. The molecule has 27 heavy (non-hydrogen) atoms. The molecule has 1 saturated carbocycles. The van der Waals surface area contributed by atoms with E-state index in [0.717, 1.165) is 46.7 Å². The van der Waals surface area contributed by atoms with Crippen molar-refractivity contribution in [1.29, 1.82) is 0 Å². The lowest BCUT2D eigenvalue weighted by molar-refractivity contribution is -0.129. The minimum absolute atomic E-state index is 0.199. The highest BCUT2D eigenvalue weighted by atomic mass is 16.1. The average Bonchev–Trinajstić information content (AvgIpc) is 3.01. The number of benzene rings is 1. The number of hydrogen-bond acceptors (Lipinski definition) is 4. The zero-order valence-corrected chi connectivity index (χ0v) is 15.6. The maximum atomic E-state index is 12.6. The molecule has 2 aliphatic rings. The van der Waals surface area contributed by atoms with E-state index in [4.69, 9.17) is 0 Å². The summed E-state index contributed by atoms with van der Waals surface area (Å²) < 4.78 is 1.81. The summed E-state index contributed by atoms with van der Waals surface area (Å²) in [5.74, 6) is 0.533. The number of aryl methyl sites for hydroxylation is 1. The van der Waals surface area contributed by atoms with E-state index in [0.29, 0.717) is 12.2 Å². The number of pyridine rings is 1. The largest absolute Gasteiger partial charge is 0.299 e. The molecule has 5 rings (SSSR count). The molecule has 0 spiro atoms. The predicted molar refractivity (Wildman–Crippen MR) is 105 cm³/mol. The summed E-state index contributed by atoms with van der Waals surface area (Å²) in [5.41, 5.74) is 3.10. The molecule has 1 aliphatic carbocycles. The summed E-state index contributed by atoms with van der Waals surface area (Å²) in [6.45, 7) is 1.89. The fourth-order valence-electron chi connectivity index (χ4n) is 4.12. The number of ketones is 1. The summed E-state index contributed by atoms with van der Waals surface area (Å²) in [5, 5.41) is 6.47. The first kappa shape index (κ1) is 16.6. The molecule has 1 saturated heterocycles. The lowest BCUT2D eigenvalue weighted by atomic mass is 9.84. The quantitative estimate of drug-likeness (QED) is 0.701. The normalized spacial score (nSPS) is 18.4. The van der Waals surface area contributed by atoms with Crippen LogP contribution in [-0.2, 0) is 18.3 Å². The van der Waals surface area contributed by atoms with Crippen LogP contribution in [0.5, 0.6) is 0 Å². The van der Waals surface area contributed by atoms with Crippen molar-refractivity contribution in [1.82, 2.24) is 19.7 Å². The number of fused-ring (bicyclic) bond motifs is 1. The van der Waals surface area contributed by atoms with Crippen LogP contribution < -0.4 is 0 Å². The van der Waals surface area contributed by atoms with E-state index in [9.17, 15) is 4.79 Å². The Kier molecular flexibility index (Phi) is 4.05. The van der Waals surface area contributed by atoms with Crippen molar-refractivity contribution >= 4 is 16.6 Å². The summed E-state index contributed by atoms with van der Waals surface area (Å²) in [6.07, 6.45) is 10.2. The molecule has 3 heterocycles. The first-order valence-electron chi connectivity index (χ1n) is 9.80. The van der Waals surface area contributed by atoms with Gasteiger partial charge in [-0.2, -0.15) is 5.10 Å². The first-order chi connectivity index (χ1) is 13.2. The van der Waals surface area contributed by atoms with Crippen molar-refractivity contribution in [2.45, 2.75) is 31.7 Å². The molecular weight excluding hydrogens is 336 g/mol. The Labute approximate surface area is 159 Å². The molecule has 2 aromatic heterocycles. The minimum atomic E-state index is 0.199. The van der Waals surface area contributed by atoms with Crippen molar-refractivity contribution in [3.63, 3.8) is 0 Å². The fourth-order valence-corrected chi connectivity index (χ4v) is 4.12. The first-order valence-corrected chi connectivity index (χ1v) is 9.80. The van der Waals surface area contributed by atoms with Gasteiger partial charge in [-0.05, 0) is 35.9 Å². The van der Waals surface area contributed by atoms with Crippen molar-refractivity contribution in [2.24, 2.45) is 13.0 Å². The van der Waals surface area contributed by atoms with Gasteiger partial charge < -0.3 is 0 Å². The Balaban J connectivity index is 1.31. The van der Waals surface area contributed by atoms with Gasteiger partial charge in [0.15, 0.2) is 0 Å². The number of nitrogens with zero attached hydrogens (tertiary/aromatic N) is 4. The van der Waals surface area contributed by atoms with Gasteiger partial charge in [0.25, 0.3) is 0 Å². The summed E-state index contributed by atoms with van der Waals surface area (Å²) in [4.78, 5) is 19.6. The lowest BCUT2D eigenvalue weighted by Gasteiger charge is -2.47. The Morgan fingerprint density at radius 3 is 2.67 bits per heavy atom. The van der Waals surface area contributed by atoms with E-state index in [-0.39, 0.29) is 5.92 Å². The van der Waals surface area contributed by atoms with E-state index in [1.165, 1.54) is 19.3 Å². The van der Waals surface area contributed by atoms with Crippen molar-refractivity contribution in [3.8, 4) is 11.1 Å².